The normalized spacial score (nSPS) is 16.2. The fraction of sp³-hybridized carbons (Fsp3) is 0.192. The van der Waals surface area contributed by atoms with Gasteiger partial charge in [0.2, 0.25) is 12.7 Å². The first-order valence-corrected chi connectivity index (χ1v) is 12.3. The van der Waals surface area contributed by atoms with Crippen LogP contribution in [0.4, 0.5) is 14.5 Å². The highest BCUT2D eigenvalue weighted by Crippen LogP contribution is 2.34. The first kappa shape index (κ1) is 25.3. The molecular formula is C26H21F2N3O6S. The number of carbonyl (C=O) groups excluding carboxylic acids is 2. The predicted molar refractivity (Wildman–Crippen MR) is 136 cm³/mol. The Morgan fingerprint density at radius 1 is 1.18 bits per heavy atom. The standard InChI is InChI=1S/C26H21F2N3O6S/c1-15(23(32)29-13-16-4-9-21-22(11-16)36-14-35-21)38-26-30-20(12-19-3-2-10-34-19)24(33)31(26)17-5-7-18(8-6-17)37-25(27)28/h2-12,15,25H,13-14H2,1H3,(H,29,32)/b20-12+. The van der Waals surface area contributed by atoms with Gasteiger partial charge in [-0.1, -0.05) is 17.8 Å². The molecule has 3 heterocycles. The molecule has 3 aromatic rings. The number of hydrogen-bond donors (Lipinski definition) is 1. The minimum absolute atomic E-state index is 0.0517. The van der Waals surface area contributed by atoms with Crippen molar-refractivity contribution in [2.75, 3.05) is 11.7 Å². The summed E-state index contributed by atoms with van der Waals surface area (Å²) >= 11 is 1.08. The number of aliphatic imine (C=N–C) groups is 1. The van der Waals surface area contributed by atoms with Crippen LogP contribution in [0.1, 0.15) is 18.2 Å². The van der Waals surface area contributed by atoms with Crippen molar-refractivity contribution in [2.45, 2.75) is 25.3 Å². The number of rotatable bonds is 8. The molecule has 0 bridgehead atoms. The molecule has 0 aliphatic carbocycles. The van der Waals surface area contributed by atoms with Gasteiger partial charge in [0, 0.05) is 12.6 Å². The number of anilines is 1. The van der Waals surface area contributed by atoms with E-state index in [-0.39, 0.29) is 35.9 Å². The summed E-state index contributed by atoms with van der Waals surface area (Å²) in [6.45, 7) is -0.848. The molecular weight excluding hydrogens is 520 g/mol. The number of fused-ring (bicyclic) bond motifs is 1. The maximum absolute atomic E-state index is 13.3. The number of hydrogen-bond acceptors (Lipinski definition) is 8. The molecule has 0 saturated carbocycles. The van der Waals surface area contributed by atoms with Gasteiger partial charge in [-0.3, -0.25) is 14.5 Å². The smallest absolute Gasteiger partial charge is 0.387 e. The van der Waals surface area contributed by atoms with E-state index in [1.807, 2.05) is 6.07 Å². The number of nitrogens with one attached hydrogen (secondary N) is 1. The van der Waals surface area contributed by atoms with Crippen LogP contribution in [0.15, 0.2) is 76.0 Å². The quantitative estimate of drug-likeness (QED) is 0.409. The highest BCUT2D eigenvalue weighted by Gasteiger charge is 2.34. The number of amidine groups is 1. The zero-order valence-electron chi connectivity index (χ0n) is 19.9. The molecule has 2 aliphatic heterocycles. The van der Waals surface area contributed by atoms with Crippen LogP contribution in [0.5, 0.6) is 17.2 Å². The molecule has 9 nitrogen and oxygen atoms in total. The fourth-order valence-electron chi connectivity index (χ4n) is 3.68. The van der Waals surface area contributed by atoms with Crippen molar-refractivity contribution >= 4 is 40.5 Å². The van der Waals surface area contributed by atoms with Crippen molar-refractivity contribution in [3.8, 4) is 17.2 Å². The van der Waals surface area contributed by atoms with Gasteiger partial charge in [0.05, 0.1) is 17.2 Å². The van der Waals surface area contributed by atoms with E-state index in [9.17, 15) is 18.4 Å². The SMILES string of the molecule is CC(SC1=N/C(=C/c2ccco2)C(=O)N1c1ccc(OC(F)F)cc1)C(=O)NCc1ccc2c(c1)OCO2. The molecule has 0 spiro atoms. The summed E-state index contributed by atoms with van der Waals surface area (Å²) in [5.41, 5.74) is 1.31. The molecule has 0 saturated heterocycles. The molecule has 0 fully saturated rings. The zero-order chi connectivity index (χ0) is 26.6. The monoisotopic (exact) mass is 541 g/mol. The number of alkyl halides is 2. The molecule has 5 rings (SSSR count). The number of carbonyl (C=O) groups is 2. The van der Waals surface area contributed by atoms with E-state index in [0.29, 0.717) is 22.9 Å². The van der Waals surface area contributed by atoms with Crippen molar-refractivity contribution in [1.29, 1.82) is 0 Å². The fourth-order valence-corrected chi connectivity index (χ4v) is 4.63. The molecule has 2 amide bonds. The lowest BCUT2D eigenvalue weighted by molar-refractivity contribution is -0.120. The summed E-state index contributed by atoms with van der Waals surface area (Å²) in [7, 11) is 0. The van der Waals surface area contributed by atoms with Crippen LogP contribution < -0.4 is 24.4 Å². The van der Waals surface area contributed by atoms with E-state index in [2.05, 4.69) is 15.0 Å². The van der Waals surface area contributed by atoms with Crippen molar-refractivity contribution in [2.24, 2.45) is 4.99 Å². The Balaban J connectivity index is 1.32. The Labute approximate surface area is 220 Å². The van der Waals surface area contributed by atoms with Gasteiger partial charge in [-0.2, -0.15) is 8.78 Å². The van der Waals surface area contributed by atoms with Crippen LogP contribution in [0, 0.1) is 0 Å². The topological polar surface area (TPSA) is 103 Å². The van der Waals surface area contributed by atoms with Crippen molar-refractivity contribution in [3.63, 3.8) is 0 Å². The lowest BCUT2D eigenvalue weighted by atomic mass is 10.2. The highest BCUT2D eigenvalue weighted by atomic mass is 32.2. The number of benzene rings is 2. The Morgan fingerprint density at radius 2 is 1.97 bits per heavy atom. The molecule has 1 unspecified atom stereocenters. The number of furan rings is 1. The van der Waals surface area contributed by atoms with Crippen molar-refractivity contribution in [1.82, 2.24) is 5.32 Å². The molecule has 1 aromatic heterocycles. The molecule has 38 heavy (non-hydrogen) atoms. The molecule has 12 heteroatoms. The molecule has 1 N–H and O–H groups in total. The maximum Gasteiger partial charge on any atom is 0.387 e. The van der Waals surface area contributed by atoms with Gasteiger partial charge in [-0.05, 0) is 61.0 Å². The van der Waals surface area contributed by atoms with Gasteiger partial charge in [-0.25, -0.2) is 4.99 Å². The van der Waals surface area contributed by atoms with Gasteiger partial charge in [0.1, 0.15) is 17.2 Å². The molecule has 2 aromatic carbocycles. The van der Waals surface area contributed by atoms with Gasteiger partial charge >= 0.3 is 6.61 Å². The second-order valence-electron chi connectivity index (χ2n) is 8.12. The van der Waals surface area contributed by atoms with E-state index in [1.165, 1.54) is 41.5 Å². The minimum Gasteiger partial charge on any atom is -0.465 e. The predicted octanol–water partition coefficient (Wildman–Crippen LogP) is 4.79. The summed E-state index contributed by atoms with van der Waals surface area (Å²) < 4.78 is 45.5. The van der Waals surface area contributed by atoms with Gasteiger partial charge in [0.25, 0.3) is 5.91 Å². The van der Waals surface area contributed by atoms with Crippen LogP contribution in [-0.4, -0.2) is 35.6 Å². The van der Waals surface area contributed by atoms with Crippen LogP contribution in [0.2, 0.25) is 0 Å². The highest BCUT2D eigenvalue weighted by molar-refractivity contribution is 8.15. The van der Waals surface area contributed by atoms with Gasteiger partial charge < -0.3 is 23.9 Å². The first-order valence-electron chi connectivity index (χ1n) is 11.4. The van der Waals surface area contributed by atoms with Crippen LogP contribution in [0.3, 0.4) is 0 Å². The van der Waals surface area contributed by atoms with Gasteiger partial charge in [-0.15, -0.1) is 0 Å². The number of nitrogens with zero attached hydrogens (tertiary/aromatic N) is 2. The third-order valence-electron chi connectivity index (χ3n) is 5.53. The number of ether oxygens (including phenoxy) is 3. The van der Waals surface area contributed by atoms with E-state index in [1.54, 1.807) is 31.2 Å². The van der Waals surface area contributed by atoms with Crippen molar-refractivity contribution < 1.29 is 37.0 Å². The Bertz CT molecular complexity index is 1390. The first-order chi connectivity index (χ1) is 18.4. The lowest BCUT2D eigenvalue weighted by Gasteiger charge is -2.20. The van der Waals surface area contributed by atoms with E-state index in [4.69, 9.17) is 13.9 Å². The third-order valence-corrected chi connectivity index (χ3v) is 6.58. The Morgan fingerprint density at radius 3 is 2.71 bits per heavy atom. The molecule has 0 radical (unpaired) electrons. The average molecular weight is 542 g/mol. The number of halogens is 2. The van der Waals surface area contributed by atoms with Crippen LogP contribution in [-0.2, 0) is 16.1 Å². The van der Waals surface area contributed by atoms with E-state index < -0.39 is 17.8 Å². The van der Waals surface area contributed by atoms with Crippen LogP contribution in [0.25, 0.3) is 6.08 Å². The summed E-state index contributed by atoms with van der Waals surface area (Å²) in [5, 5.41) is 2.50. The lowest BCUT2D eigenvalue weighted by Crippen LogP contribution is -2.35. The second-order valence-corrected chi connectivity index (χ2v) is 9.43. The van der Waals surface area contributed by atoms with E-state index >= 15 is 0 Å². The zero-order valence-corrected chi connectivity index (χ0v) is 20.7. The largest absolute Gasteiger partial charge is 0.465 e. The minimum atomic E-state index is -2.97. The number of amides is 2. The maximum atomic E-state index is 13.3. The molecule has 196 valence electrons. The van der Waals surface area contributed by atoms with Gasteiger partial charge in [0.15, 0.2) is 16.7 Å². The Hall–Kier alpha value is -4.32. The summed E-state index contributed by atoms with van der Waals surface area (Å²) in [5.74, 6) is 0.920. The second kappa shape index (κ2) is 11.0. The molecule has 1 atom stereocenters. The third kappa shape index (κ3) is 5.65. The van der Waals surface area contributed by atoms with E-state index in [0.717, 1.165) is 17.3 Å². The van der Waals surface area contributed by atoms with Crippen LogP contribution >= 0.6 is 11.8 Å². The molecule has 2 aliphatic rings. The summed E-state index contributed by atoms with van der Waals surface area (Å²) in [6.07, 6.45) is 2.96. The summed E-state index contributed by atoms with van der Waals surface area (Å²) in [6, 6.07) is 14.3. The Kier molecular flexibility index (Phi) is 7.31. The summed E-state index contributed by atoms with van der Waals surface area (Å²) in [4.78, 5) is 31.9. The average Bonchev–Trinajstić information content (AvgIpc) is 3.64. The van der Waals surface area contributed by atoms with Crippen molar-refractivity contribution in [3.05, 3.63) is 77.9 Å². The number of thioether (sulfide) groups is 1.